The Balaban J connectivity index is 5.08. The van der Waals surface area contributed by atoms with Gasteiger partial charge in [-0.15, -0.1) is 0 Å². The van der Waals surface area contributed by atoms with Crippen molar-refractivity contribution in [3.8, 4) is 0 Å². The Morgan fingerprint density at radius 2 is 0.317 bits per heavy atom. The first-order chi connectivity index (χ1) is 20.1. The van der Waals surface area contributed by atoms with E-state index in [-0.39, 0.29) is 0 Å². The molecule has 0 bridgehead atoms. The van der Waals surface area contributed by atoms with Crippen LogP contribution in [0, 0.1) is 0 Å². The molecule has 0 saturated carbocycles. The number of hydrogen-bond donors (Lipinski definition) is 7. The first-order valence-electron chi connectivity index (χ1n) is 16.6. The Morgan fingerprint density at radius 1 is 0.195 bits per heavy atom. The van der Waals surface area contributed by atoms with Crippen LogP contribution >= 0.6 is 0 Å². The van der Waals surface area contributed by atoms with Crippen LogP contribution < -0.4 is 40.1 Å². The van der Waals surface area contributed by atoms with Crippen LogP contribution in [0.2, 0.25) is 0 Å². The van der Waals surface area contributed by atoms with E-state index in [0.29, 0.717) is 0 Å². The summed E-state index contributed by atoms with van der Waals surface area (Å²) in [5, 5.41) is 0. The summed E-state index contributed by atoms with van der Waals surface area (Å²) < 4.78 is 0. The lowest BCUT2D eigenvalue weighted by molar-refractivity contribution is 0.151. The van der Waals surface area contributed by atoms with Crippen molar-refractivity contribution in [1.29, 1.82) is 0 Å². The molecule has 0 unspecified atom stereocenters. The van der Waals surface area contributed by atoms with E-state index in [1.54, 1.807) is 0 Å². The van der Waals surface area contributed by atoms with Gasteiger partial charge in [-0.25, -0.2) is 0 Å². The highest BCUT2D eigenvalue weighted by molar-refractivity contribution is 4.71. The van der Waals surface area contributed by atoms with E-state index in [0.717, 1.165) is 189 Å². The molecular weight excluding hydrogens is 516 g/mol. The maximum atomic E-state index is 5.92. The molecule has 0 rings (SSSR count). The average Bonchev–Trinajstić information content (AvgIpc) is 2.99. The molecule has 0 saturated heterocycles. The lowest BCUT2D eigenvalue weighted by atomic mass is 10.3. The molecule has 12 heteroatoms. The molecule has 0 aromatic carbocycles. The van der Waals surface area contributed by atoms with Gasteiger partial charge in [-0.1, -0.05) is 0 Å². The van der Waals surface area contributed by atoms with E-state index in [9.17, 15) is 0 Å². The van der Waals surface area contributed by atoms with Crippen LogP contribution in [0.4, 0.5) is 0 Å². The fourth-order valence-electron chi connectivity index (χ4n) is 5.01. The van der Waals surface area contributed by atoms with Crippen molar-refractivity contribution in [3.63, 3.8) is 0 Å². The van der Waals surface area contributed by atoms with Gasteiger partial charge in [0.2, 0.25) is 0 Å². The molecule has 0 aliphatic carbocycles. The van der Waals surface area contributed by atoms with Crippen LogP contribution in [0.25, 0.3) is 0 Å². The van der Waals surface area contributed by atoms with Gasteiger partial charge in [0.25, 0.3) is 0 Å². The molecule has 41 heavy (non-hydrogen) atoms. The van der Waals surface area contributed by atoms with Crippen LogP contribution in [0.3, 0.4) is 0 Å². The smallest absolute Gasteiger partial charge is 0.0110 e. The summed E-state index contributed by atoms with van der Waals surface area (Å²) in [6.45, 7) is 20.7. The molecule has 12 nitrogen and oxygen atoms in total. The van der Waals surface area contributed by atoms with E-state index < -0.39 is 0 Å². The fourth-order valence-corrected chi connectivity index (χ4v) is 5.01. The zero-order valence-corrected chi connectivity index (χ0v) is 26.8. The van der Waals surface area contributed by atoms with Gasteiger partial charge in [-0.05, 0) is 137 Å². The molecule has 0 spiro atoms. The Labute approximate surface area is 253 Å². The van der Waals surface area contributed by atoms with Gasteiger partial charge in [-0.3, -0.25) is 0 Å². The predicted molar refractivity (Wildman–Crippen MR) is 178 cm³/mol. The molecule has 248 valence electrons. The summed E-state index contributed by atoms with van der Waals surface area (Å²) in [6.07, 6.45) is 7.16. The second kappa shape index (κ2) is 31.0. The maximum Gasteiger partial charge on any atom is 0.0110 e. The summed E-state index contributed by atoms with van der Waals surface area (Å²) in [6, 6.07) is 0. The van der Waals surface area contributed by atoms with Gasteiger partial charge in [0.05, 0.1) is 0 Å². The van der Waals surface area contributed by atoms with Gasteiger partial charge in [0.15, 0.2) is 0 Å². The van der Waals surface area contributed by atoms with Crippen LogP contribution in [-0.2, 0) is 0 Å². The summed E-state index contributed by atoms with van der Waals surface area (Å²) in [4.78, 5) is 12.8. The second-order valence-electron chi connectivity index (χ2n) is 11.2. The third kappa shape index (κ3) is 24.6. The van der Waals surface area contributed by atoms with Gasteiger partial charge in [-0.2, -0.15) is 0 Å². The van der Waals surface area contributed by atoms with Crippen molar-refractivity contribution < 1.29 is 0 Å². The molecule has 0 aliphatic rings. The largest absolute Gasteiger partial charge is 0.330 e. The highest BCUT2D eigenvalue weighted by Gasteiger charge is 2.14. The number of nitrogens with zero attached hydrogens (tertiary/aromatic N) is 5. The van der Waals surface area contributed by atoms with Crippen LogP contribution in [0.1, 0.15) is 44.9 Å². The molecule has 0 heterocycles. The number of rotatable bonds is 33. The summed E-state index contributed by atoms with van der Waals surface area (Å²) in [7, 11) is 0. The molecular formula is C29H72N12. The third-order valence-corrected chi connectivity index (χ3v) is 7.68. The molecule has 0 aromatic rings. The highest BCUT2D eigenvalue weighted by atomic mass is 15.2. The van der Waals surface area contributed by atoms with E-state index >= 15 is 0 Å². The zero-order valence-electron chi connectivity index (χ0n) is 26.8. The number of hydrogen-bond acceptors (Lipinski definition) is 12. The van der Waals surface area contributed by atoms with Crippen molar-refractivity contribution in [1.82, 2.24) is 24.5 Å². The second-order valence-corrected chi connectivity index (χ2v) is 11.2. The minimum Gasteiger partial charge on any atom is -0.330 e. The Hall–Kier alpha value is -0.480. The van der Waals surface area contributed by atoms with E-state index in [1.807, 2.05) is 0 Å². The number of nitrogens with two attached hydrogens (primary N) is 7. The van der Waals surface area contributed by atoms with Gasteiger partial charge >= 0.3 is 0 Å². The molecule has 0 fully saturated rings. The Kier molecular flexibility index (Phi) is 30.6. The molecule has 0 aromatic heterocycles. The van der Waals surface area contributed by atoms with E-state index in [1.165, 1.54) is 0 Å². The van der Waals surface area contributed by atoms with Crippen molar-refractivity contribution in [2.45, 2.75) is 44.9 Å². The molecule has 0 atom stereocenters. The zero-order chi connectivity index (χ0) is 30.4. The lowest BCUT2D eigenvalue weighted by Gasteiger charge is -2.32. The quantitative estimate of drug-likeness (QED) is 0.0443. The highest BCUT2D eigenvalue weighted by Crippen LogP contribution is 2.02. The normalized spacial score (nSPS) is 12.3. The van der Waals surface area contributed by atoms with Crippen LogP contribution in [0.5, 0.6) is 0 Å². The first-order valence-corrected chi connectivity index (χ1v) is 16.6. The lowest BCUT2D eigenvalue weighted by Crippen LogP contribution is -2.44. The van der Waals surface area contributed by atoms with Crippen molar-refractivity contribution >= 4 is 0 Å². The SMILES string of the molecule is NCCCN(CCCN)CCN(CCCN)CCN(CCCN)CCN(CCCN)CCN(CCCN)CCCN. The van der Waals surface area contributed by atoms with Gasteiger partial charge < -0.3 is 64.6 Å². The first kappa shape index (κ1) is 40.5. The Morgan fingerprint density at radius 3 is 0.439 bits per heavy atom. The maximum absolute atomic E-state index is 5.92. The molecule has 14 N–H and O–H groups in total. The van der Waals surface area contributed by atoms with Crippen LogP contribution in [0.15, 0.2) is 0 Å². The average molecular weight is 589 g/mol. The molecule has 0 radical (unpaired) electrons. The standard InChI is InChI=1S/C29H72N12/c30-8-1-15-37(16-2-9-31)22-24-39(19-5-12-34)26-28-41(21-7-14-36)29-27-40(20-6-13-35)25-23-38(17-3-10-32)18-4-11-33/h1-36H2. The third-order valence-electron chi connectivity index (χ3n) is 7.68. The van der Waals surface area contributed by atoms with E-state index in [4.69, 9.17) is 40.1 Å². The summed E-state index contributed by atoms with van der Waals surface area (Å²) in [5.74, 6) is 0. The van der Waals surface area contributed by atoms with Gasteiger partial charge in [0.1, 0.15) is 0 Å². The predicted octanol–water partition coefficient (Wildman–Crippen LogP) is -2.06. The Bertz CT molecular complexity index is 460. The van der Waals surface area contributed by atoms with Crippen molar-refractivity contribution in [2.75, 3.05) is 144 Å². The molecule has 0 aliphatic heterocycles. The minimum atomic E-state index is 0.721. The fraction of sp³-hybridized carbons (Fsp3) is 1.00. The monoisotopic (exact) mass is 589 g/mol. The van der Waals surface area contributed by atoms with Crippen LogP contribution in [-0.4, -0.2) is 168 Å². The topological polar surface area (TPSA) is 198 Å². The summed E-state index contributed by atoms with van der Waals surface area (Å²) in [5.41, 5.74) is 40.8. The molecule has 0 amide bonds. The van der Waals surface area contributed by atoms with Crippen molar-refractivity contribution in [3.05, 3.63) is 0 Å². The summed E-state index contributed by atoms with van der Waals surface area (Å²) >= 11 is 0. The van der Waals surface area contributed by atoms with E-state index in [2.05, 4.69) is 24.5 Å². The minimum absolute atomic E-state index is 0.721. The van der Waals surface area contributed by atoms with Gasteiger partial charge in [0, 0.05) is 52.4 Å². The van der Waals surface area contributed by atoms with Crippen molar-refractivity contribution in [2.24, 2.45) is 40.1 Å².